The van der Waals surface area contributed by atoms with Gasteiger partial charge in [-0.1, -0.05) is 24.3 Å². The zero-order chi connectivity index (χ0) is 18.4. The van der Waals surface area contributed by atoms with Crippen molar-refractivity contribution < 1.29 is 18.7 Å². The number of carbonyl (C=O) groups excluding carboxylic acids is 2. The first-order chi connectivity index (χ1) is 12.6. The largest absolute Gasteiger partial charge is 0.484 e. The van der Waals surface area contributed by atoms with Crippen molar-refractivity contribution in [2.24, 2.45) is 0 Å². The highest BCUT2D eigenvalue weighted by molar-refractivity contribution is 5.94. The molecule has 26 heavy (non-hydrogen) atoms. The Morgan fingerprint density at radius 1 is 0.923 bits per heavy atom. The van der Waals surface area contributed by atoms with Crippen LogP contribution in [0.1, 0.15) is 16.8 Å². The number of ether oxygens (including phenoxy) is 1. The molecule has 2 aromatic rings. The molecule has 1 heterocycles. The molecule has 0 radical (unpaired) electrons. The van der Waals surface area contributed by atoms with Crippen LogP contribution < -0.4 is 4.74 Å². The van der Waals surface area contributed by atoms with Crippen molar-refractivity contribution in [1.82, 2.24) is 9.80 Å². The van der Waals surface area contributed by atoms with E-state index in [2.05, 4.69) is 0 Å². The molecule has 1 saturated heterocycles. The van der Waals surface area contributed by atoms with Crippen molar-refractivity contribution in [1.29, 1.82) is 0 Å². The molecule has 136 valence electrons. The number of rotatable bonds is 4. The van der Waals surface area contributed by atoms with E-state index in [1.165, 1.54) is 18.2 Å². The predicted molar refractivity (Wildman–Crippen MR) is 95.4 cm³/mol. The van der Waals surface area contributed by atoms with Crippen LogP contribution in [0.4, 0.5) is 4.39 Å². The fraction of sp³-hybridized carbons (Fsp3) is 0.300. The standard InChI is InChI=1S/C20H21FN2O3/c21-17-8-4-9-18(14-17)26-15-19(24)22-10-5-11-23(13-12-22)20(25)16-6-2-1-3-7-16/h1-4,6-9,14H,5,10-13,15H2. The molecule has 0 aliphatic carbocycles. The molecule has 0 N–H and O–H groups in total. The lowest BCUT2D eigenvalue weighted by molar-refractivity contribution is -0.133. The molecule has 2 aromatic carbocycles. The van der Waals surface area contributed by atoms with Crippen molar-refractivity contribution in [2.75, 3.05) is 32.8 Å². The van der Waals surface area contributed by atoms with E-state index in [1.54, 1.807) is 28.0 Å². The Hall–Kier alpha value is -2.89. The number of hydrogen-bond donors (Lipinski definition) is 0. The van der Waals surface area contributed by atoms with Gasteiger partial charge in [0.2, 0.25) is 0 Å². The Bertz CT molecular complexity index is 767. The Balaban J connectivity index is 1.53. The summed E-state index contributed by atoms with van der Waals surface area (Å²) in [5, 5.41) is 0. The summed E-state index contributed by atoms with van der Waals surface area (Å²) < 4.78 is 18.5. The number of halogens is 1. The van der Waals surface area contributed by atoms with Crippen LogP contribution in [0.25, 0.3) is 0 Å². The Labute approximate surface area is 152 Å². The maximum atomic E-state index is 13.1. The van der Waals surface area contributed by atoms with Gasteiger partial charge in [-0.2, -0.15) is 0 Å². The fourth-order valence-corrected chi connectivity index (χ4v) is 2.93. The maximum Gasteiger partial charge on any atom is 0.260 e. The molecule has 0 bridgehead atoms. The first-order valence-electron chi connectivity index (χ1n) is 8.64. The molecule has 1 aliphatic rings. The van der Waals surface area contributed by atoms with E-state index in [1.807, 2.05) is 18.2 Å². The van der Waals surface area contributed by atoms with Crippen molar-refractivity contribution in [3.05, 3.63) is 66.0 Å². The fourth-order valence-electron chi connectivity index (χ4n) is 2.93. The van der Waals surface area contributed by atoms with Crippen LogP contribution in [0.15, 0.2) is 54.6 Å². The van der Waals surface area contributed by atoms with Crippen LogP contribution in [0, 0.1) is 5.82 Å². The van der Waals surface area contributed by atoms with Crippen LogP contribution in [0.3, 0.4) is 0 Å². The van der Waals surface area contributed by atoms with Gasteiger partial charge >= 0.3 is 0 Å². The summed E-state index contributed by atoms with van der Waals surface area (Å²) in [4.78, 5) is 28.4. The molecule has 0 saturated carbocycles. The second-order valence-corrected chi connectivity index (χ2v) is 6.14. The summed E-state index contributed by atoms with van der Waals surface area (Å²) in [5.74, 6) is -0.256. The van der Waals surface area contributed by atoms with E-state index in [4.69, 9.17) is 4.74 Å². The highest BCUT2D eigenvalue weighted by Gasteiger charge is 2.23. The van der Waals surface area contributed by atoms with E-state index >= 15 is 0 Å². The van der Waals surface area contributed by atoms with Gasteiger partial charge in [0.15, 0.2) is 6.61 Å². The minimum atomic E-state index is -0.403. The number of carbonyl (C=O) groups is 2. The molecular formula is C20H21FN2O3. The third-order valence-electron chi connectivity index (χ3n) is 4.31. The second kappa shape index (κ2) is 8.47. The molecule has 5 nitrogen and oxygen atoms in total. The molecular weight excluding hydrogens is 335 g/mol. The lowest BCUT2D eigenvalue weighted by atomic mass is 10.2. The summed E-state index contributed by atoms with van der Waals surface area (Å²) in [5.41, 5.74) is 0.654. The van der Waals surface area contributed by atoms with Gasteiger partial charge in [0, 0.05) is 37.8 Å². The third-order valence-corrected chi connectivity index (χ3v) is 4.31. The van der Waals surface area contributed by atoms with Gasteiger partial charge in [-0.15, -0.1) is 0 Å². The van der Waals surface area contributed by atoms with Crippen molar-refractivity contribution >= 4 is 11.8 Å². The van der Waals surface area contributed by atoms with Crippen LogP contribution in [0.2, 0.25) is 0 Å². The van der Waals surface area contributed by atoms with Gasteiger partial charge in [-0.05, 0) is 30.7 Å². The first-order valence-corrected chi connectivity index (χ1v) is 8.64. The summed E-state index contributed by atoms with van der Waals surface area (Å²) in [6.45, 7) is 1.99. The molecule has 0 aromatic heterocycles. The summed E-state index contributed by atoms with van der Waals surface area (Å²) in [6.07, 6.45) is 0.713. The first kappa shape index (κ1) is 17.9. The van der Waals surface area contributed by atoms with E-state index in [9.17, 15) is 14.0 Å². The van der Waals surface area contributed by atoms with E-state index in [-0.39, 0.29) is 18.4 Å². The van der Waals surface area contributed by atoms with Gasteiger partial charge in [0.05, 0.1) is 0 Å². The lowest BCUT2D eigenvalue weighted by Crippen LogP contribution is -2.39. The number of benzene rings is 2. The number of nitrogens with zero attached hydrogens (tertiary/aromatic N) is 2. The predicted octanol–water partition coefficient (Wildman–Crippen LogP) is 2.58. The zero-order valence-corrected chi connectivity index (χ0v) is 14.4. The topological polar surface area (TPSA) is 49.9 Å². The number of amides is 2. The Morgan fingerprint density at radius 3 is 2.42 bits per heavy atom. The van der Waals surface area contributed by atoms with Gasteiger partial charge in [-0.3, -0.25) is 9.59 Å². The van der Waals surface area contributed by atoms with Crippen LogP contribution >= 0.6 is 0 Å². The Morgan fingerprint density at radius 2 is 1.65 bits per heavy atom. The molecule has 1 fully saturated rings. The minimum Gasteiger partial charge on any atom is -0.484 e. The smallest absolute Gasteiger partial charge is 0.260 e. The van der Waals surface area contributed by atoms with Crippen LogP contribution in [-0.4, -0.2) is 54.4 Å². The van der Waals surface area contributed by atoms with E-state index < -0.39 is 5.82 Å². The van der Waals surface area contributed by atoms with Gasteiger partial charge in [0.1, 0.15) is 11.6 Å². The monoisotopic (exact) mass is 356 g/mol. The molecule has 0 atom stereocenters. The maximum absolute atomic E-state index is 13.1. The normalized spacial score (nSPS) is 14.7. The molecule has 0 spiro atoms. The SMILES string of the molecule is O=C(COc1cccc(F)c1)N1CCCN(C(=O)c2ccccc2)CC1. The van der Waals surface area contributed by atoms with Crippen molar-refractivity contribution in [3.63, 3.8) is 0 Å². The summed E-state index contributed by atoms with van der Waals surface area (Å²) >= 11 is 0. The molecule has 6 heteroatoms. The van der Waals surface area contributed by atoms with Crippen LogP contribution in [0.5, 0.6) is 5.75 Å². The average molecular weight is 356 g/mol. The molecule has 1 aliphatic heterocycles. The second-order valence-electron chi connectivity index (χ2n) is 6.14. The van der Waals surface area contributed by atoms with E-state index in [0.717, 1.165) is 0 Å². The highest BCUT2D eigenvalue weighted by atomic mass is 19.1. The summed E-state index contributed by atoms with van der Waals surface area (Å²) in [7, 11) is 0. The van der Waals surface area contributed by atoms with Crippen molar-refractivity contribution in [2.45, 2.75) is 6.42 Å². The van der Waals surface area contributed by atoms with Gasteiger partial charge in [0.25, 0.3) is 11.8 Å². The molecule has 0 unspecified atom stereocenters. The average Bonchev–Trinajstić information content (AvgIpc) is 2.92. The highest BCUT2D eigenvalue weighted by Crippen LogP contribution is 2.13. The minimum absolute atomic E-state index is 0.0177. The Kier molecular flexibility index (Phi) is 5.84. The van der Waals surface area contributed by atoms with Gasteiger partial charge < -0.3 is 14.5 Å². The van der Waals surface area contributed by atoms with Crippen molar-refractivity contribution in [3.8, 4) is 5.75 Å². The summed E-state index contributed by atoms with van der Waals surface area (Å²) in [6, 6.07) is 14.9. The number of hydrogen-bond acceptors (Lipinski definition) is 3. The quantitative estimate of drug-likeness (QED) is 0.846. The van der Waals surface area contributed by atoms with Gasteiger partial charge in [-0.25, -0.2) is 4.39 Å². The zero-order valence-electron chi connectivity index (χ0n) is 14.4. The van der Waals surface area contributed by atoms with E-state index in [0.29, 0.717) is 43.9 Å². The third kappa shape index (κ3) is 4.59. The van der Waals surface area contributed by atoms with Crippen LogP contribution in [-0.2, 0) is 4.79 Å². The molecule has 2 amide bonds. The molecule has 3 rings (SSSR count). The lowest BCUT2D eigenvalue weighted by Gasteiger charge is -2.22.